The molecule has 0 N–H and O–H groups in total. The number of aromatic nitrogens is 1. The number of para-hydroxylation sites is 1. The van der Waals surface area contributed by atoms with E-state index in [1.165, 1.54) is 0 Å². The standard InChI is InChI=1S/C15H17BrN2O/c1-2-18(11-5-10-16)15(19)14-9-8-12-6-3-4-7-13(12)17-14/h3-4,6-9H,2,5,10-11H2,1H3. The molecule has 1 amide bonds. The highest BCUT2D eigenvalue weighted by molar-refractivity contribution is 9.09. The van der Waals surface area contributed by atoms with Gasteiger partial charge in [-0.2, -0.15) is 0 Å². The van der Waals surface area contributed by atoms with Crippen molar-refractivity contribution in [2.45, 2.75) is 13.3 Å². The molecule has 1 aromatic heterocycles. The summed E-state index contributed by atoms with van der Waals surface area (Å²) in [4.78, 5) is 18.7. The van der Waals surface area contributed by atoms with Gasteiger partial charge in [0.2, 0.25) is 0 Å². The summed E-state index contributed by atoms with van der Waals surface area (Å²) in [6.07, 6.45) is 0.952. The highest BCUT2D eigenvalue weighted by Gasteiger charge is 2.15. The van der Waals surface area contributed by atoms with Crippen LogP contribution in [0.4, 0.5) is 0 Å². The van der Waals surface area contributed by atoms with Crippen LogP contribution in [-0.2, 0) is 0 Å². The quantitative estimate of drug-likeness (QED) is 0.790. The number of benzene rings is 1. The second kappa shape index (κ2) is 6.66. The van der Waals surface area contributed by atoms with E-state index in [4.69, 9.17) is 0 Å². The molecule has 100 valence electrons. The van der Waals surface area contributed by atoms with Crippen LogP contribution in [-0.4, -0.2) is 34.2 Å². The van der Waals surface area contributed by atoms with Gasteiger partial charge in [0, 0.05) is 23.8 Å². The van der Waals surface area contributed by atoms with E-state index in [-0.39, 0.29) is 5.91 Å². The van der Waals surface area contributed by atoms with E-state index in [1.54, 1.807) is 0 Å². The molecule has 0 atom stereocenters. The van der Waals surface area contributed by atoms with Crippen LogP contribution in [0.2, 0.25) is 0 Å². The van der Waals surface area contributed by atoms with Crippen LogP contribution in [0.25, 0.3) is 10.9 Å². The topological polar surface area (TPSA) is 33.2 Å². The van der Waals surface area contributed by atoms with Crippen molar-refractivity contribution >= 4 is 32.7 Å². The first-order valence-corrected chi connectivity index (χ1v) is 7.59. The van der Waals surface area contributed by atoms with Gasteiger partial charge in [0.1, 0.15) is 5.69 Å². The normalized spacial score (nSPS) is 10.6. The summed E-state index contributed by atoms with van der Waals surface area (Å²) >= 11 is 3.39. The zero-order chi connectivity index (χ0) is 13.7. The number of alkyl halides is 1. The highest BCUT2D eigenvalue weighted by Crippen LogP contribution is 2.13. The Morgan fingerprint density at radius 1 is 1.26 bits per heavy atom. The molecule has 2 rings (SSSR count). The largest absolute Gasteiger partial charge is 0.338 e. The van der Waals surface area contributed by atoms with Crippen LogP contribution in [0.3, 0.4) is 0 Å². The van der Waals surface area contributed by atoms with Crippen molar-refractivity contribution in [3.8, 4) is 0 Å². The molecule has 0 radical (unpaired) electrons. The summed E-state index contributed by atoms with van der Waals surface area (Å²) < 4.78 is 0. The molecule has 0 unspecified atom stereocenters. The summed E-state index contributed by atoms with van der Waals surface area (Å²) in [6, 6.07) is 11.6. The average molecular weight is 321 g/mol. The fourth-order valence-corrected chi connectivity index (χ4v) is 2.25. The Kier molecular flexibility index (Phi) is 4.91. The van der Waals surface area contributed by atoms with E-state index in [0.29, 0.717) is 12.2 Å². The monoisotopic (exact) mass is 320 g/mol. The van der Waals surface area contributed by atoms with E-state index >= 15 is 0 Å². The lowest BCUT2D eigenvalue weighted by Crippen LogP contribution is -2.32. The number of pyridine rings is 1. The lowest BCUT2D eigenvalue weighted by Gasteiger charge is -2.20. The first-order chi connectivity index (χ1) is 9.26. The lowest BCUT2D eigenvalue weighted by molar-refractivity contribution is 0.0759. The molecule has 1 aromatic carbocycles. The predicted molar refractivity (Wildman–Crippen MR) is 81.7 cm³/mol. The third kappa shape index (κ3) is 3.32. The van der Waals surface area contributed by atoms with Gasteiger partial charge in [-0.3, -0.25) is 4.79 Å². The number of hydrogen-bond acceptors (Lipinski definition) is 2. The number of nitrogens with zero attached hydrogens (tertiary/aromatic N) is 2. The summed E-state index contributed by atoms with van der Waals surface area (Å²) in [5, 5.41) is 1.96. The third-order valence-electron chi connectivity index (χ3n) is 3.05. The number of rotatable bonds is 5. The van der Waals surface area contributed by atoms with Crippen molar-refractivity contribution < 1.29 is 4.79 Å². The Hall–Kier alpha value is -1.42. The number of amides is 1. The molecule has 0 aliphatic carbocycles. The van der Waals surface area contributed by atoms with E-state index in [0.717, 1.165) is 29.2 Å². The highest BCUT2D eigenvalue weighted by atomic mass is 79.9. The molecule has 0 aliphatic rings. The molecule has 0 bridgehead atoms. The van der Waals surface area contributed by atoms with E-state index in [2.05, 4.69) is 20.9 Å². The Balaban J connectivity index is 2.24. The van der Waals surface area contributed by atoms with Crippen molar-refractivity contribution in [3.63, 3.8) is 0 Å². The maximum absolute atomic E-state index is 12.4. The van der Waals surface area contributed by atoms with Gasteiger partial charge in [0.05, 0.1) is 5.52 Å². The zero-order valence-electron chi connectivity index (χ0n) is 11.0. The molecule has 19 heavy (non-hydrogen) atoms. The number of halogens is 1. The van der Waals surface area contributed by atoms with Crippen LogP contribution < -0.4 is 0 Å². The first kappa shape index (κ1) is 14.0. The number of carbonyl (C=O) groups is 1. The minimum atomic E-state index is 0.00852. The van der Waals surface area contributed by atoms with Crippen molar-refractivity contribution in [1.82, 2.24) is 9.88 Å². The van der Waals surface area contributed by atoms with Crippen LogP contribution in [0.1, 0.15) is 23.8 Å². The minimum Gasteiger partial charge on any atom is -0.338 e. The molecular weight excluding hydrogens is 304 g/mol. The Morgan fingerprint density at radius 3 is 2.79 bits per heavy atom. The Bertz CT molecular complexity index is 571. The average Bonchev–Trinajstić information content (AvgIpc) is 2.47. The van der Waals surface area contributed by atoms with Gasteiger partial charge in [-0.15, -0.1) is 0 Å². The molecule has 0 aliphatic heterocycles. The minimum absolute atomic E-state index is 0.00852. The molecule has 4 heteroatoms. The first-order valence-electron chi connectivity index (χ1n) is 6.47. The van der Waals surface area contributed by atoms with Gasteiger partial charge in [0.25, 0.3) is 5.91 Å². The molecule has 3 nitrogen and oxygen atoms in total. The molecule has 1 heterocycles. The van der Waals surface area contributed by atoms with E-state index in [9.17, 15) is 4.79 Å². The Labute approximate surface area is 121 Å². The van der Waals surface area contributed by atoms with Crippen molar-refractivity contribution in [2.24, 2.45) is 0 Å². The van der Waals surface area contributed by atoms with Gasteiger partial charge < -0.3 is 4.90 Å². The fraction of sp³-hybridized carbons (Fsp3) is 0.333. The predicted octanol–water partition coefficient (Wildman–Crippen LogP) is 3.48. The van der Waals surface area contributed by atoms with Crippen LogP contribution in [0.5, 0.6) is 0 Å². The van der Waals surface area contributed by atoms with Gasteiger partial charge in [-0.1, -0.05) is 40.2 Å². The van der Waals surface area contributed by atoms with Crippen molar-refractivity contribution in [1.29, 1.82) is 0 Å². The van der Waals surface area contributed by atoms with Crippen LogP contribution >= 0.6 is 15.9 Å². The smallest absolute Gasteiger partial charge is 0.272 e. The number of fused-ring (bicyclic) bond motifs is 1. The van der Waals surface area contributed by atoms with Gasteiger partial charge in [-0.25, -0.2) is 4.98 Å². The molecule has 0 saturated carbocycles. The molecular formula is C15H17BrN2O. The van der Waals surface area contributed by atoms with Gasteiger partial charge >= 0.3 is 0 Å². The van der Waals surface area contributed by atoms with Crippen LogP contribution in [0.15, 0.2) is 36.4 Å². The summed E-state index contributed by atoms with van der Waals surface area (Å²) in [5.41, 5.74) is 1.39. The second-order valence-corrected chi connectivity index (χ2v) is 5.11. The van der Waals surface area contributed by atoms with E-state index < -0.39 is 0 Å². The molecule has 2 aromatic rings. The third-order valence-corrected chi connectivity index (χ3v) is 3.61. The summed E-state index contributed by atoms with van der Waals surface area (Å²) in [7, 11) is 0. The maximum atomic E-state index is 12.4. The molecule has 0 spiro atoms. The zero-order valence-corrected chi connectivity index (χ0v) is 12.6. The van der Waals surface area contributed by atoms with Crippen molar-refractivity contribution in [2.75, 3.05) is 18.4 Å². The number of carbonyl (C=O) groups excluding carboxylic acids is 1. The SMILES string of the molecule is CCN(CCCBr)C(=O)c1ccc2ccccc2n1. The molecule has 0 saturated heterocycles. The van der Waals surface area contributed by atoms with Gasteiger partial charge in [-0.05, 0) is 25.5 Å². The Morgan fingerprint density at radius 2 is 2.05 bits per heavy atom. The summed E-state index contributed by atoms with van der Waals surface area (Å²) in [6.45, 7) is 3.46. The summed E-state index contributed by atoms with van der Waals surface area (Å²) in [5.74, 6) is 0.00852. The number of hydrogen-bond donors (Lipinski definition) is 0. The van der Waals surface area contributed by atoms with Crippen LogP contribution in [0, 0.1) is 0 Å². The maximum Gasteiger partial charge on any atom is 0.272 e. The van der Waals surface area contributed by atoms with Crippen molar-refractivity contribution in [3.05, 3.63) is 42.1 Å². The lowest BCUT2D eigenvalue weighted by atomic mass is 10.2. The van der Waals surface area contributed by atoms with Gasteiger partial charge in [0.15, 0.2) is 0 Å². The fourth-order valence-electron chi connectivity index (χ4n) is 2.00. The van der Waals surface area contributed by atoms with E-state index in [1.807, 2.05) is 48.2 Å². The molecule has 0 fully saturated rings. The second-order valence-electron chi connectivity index (χ2n) is 4.32.